The molecule has 1 saturated heterocycles. The van der Waals surface area contributed by atoms with Gasteiger partial charge in [0.25, 0.3) is 0 Å². The summed E-state index contributed by atoms with van der Waals surface area (Å²) < 4.78 is 19.2. The Labute approximate surface area is 173 Å². The summed E-state index contributed by atoms with van der Waals surface area (Å²) in [5, 5.41) is 23.4. The number of para-hydroxylation sites is 1. The third-order valence-electron chi connectivity index (χ3n) is 5.93. The fourth-order valence-corrected chi connectivity index (χ4v) is 4.05. The molecule has 4 aromatic rings. The Kier molecular flexibility index (Phi) is 4.55. The van der Waals surface area contributed by atoms with Crippen molar-refractivity contribution in [2.75, 3.05) is 23.3 Å². The van der Waals surface area contributed by atoms with Gasteiger partial charge in [-0.25, -0.2) is 4.39 Å². The van der Waals surface area contributed by atoms with Crippen LogP contribution in [0.1, 0.15) is 25.3 Å². The summed E-state index contributed by atoms with van der Waals surface area (Å²) >= 11 is 0. The van der Waals surface area contributed by atoms with Crippen LogP contribution in [0.3, 0.4) is 0 Å². The molecule has 154 valence electrons. The van der Waals surface area contributed by atoms with Crippen molar-refractivity contribution >= 4 is 33.2 Å². The average molecular weight is 406 g/mol. The fourth-order valence-electron chi connectivity index (χ4n) is 4.05. The van der Waals surface area contributed by atoms with Gasteiger partial charge < -0.3 is 19.7 Å². The van der Waals surface area contributed by atoms with E-state index in [-0.39, 0.29) is 5.82 Å². The number of halogens is 1. The minimum absolute atomic E-state index is 0.354. The van der Waals surface area contributed by atoms with Crippen LogP contribution in [0.4, 0.5) is 15.8 Å². The third-order valence-corrected chi connectivity index (χ3v) is 5.93. The van der Waals surface area contributed by atoms with Crippen LogP contribution in [0.2, 0.25) is 0 Å². The SMILES string of the molecule is CC1(O)CCN(c2ccc3nncc(NCc4cccc5c(F)coc45)c3c2)CC1. The normalized spacial score (nSPS) is 16.3. The summed E-state index contributed by atoms with van der Waals surface area (Å²) in [6, 6.07) is 11.6. The van der Waals surface area contributed by atoms with Gasteiger partial charge in [0.2, 0.25) is 0 Å². The van der Waals surface area contributed by atoms with Crippen molar-refractivity contribution in [2.45, 2.75) is 31.9 Å². The van der Waals surface area contributed by atoms with E-state index in [1.165, 1.54) is 0 Å². The van der Waals surface area contributed by atoms with Crippen molar-refractivity contribution in [3.63, 3.8) is 0 Å². The molecule has 6 nitrogen and oxygen atoms in total. The monoisotopic (exact) mass is 406 g/mol. The molecular formula is C23H23FN4O2. The first-order valence-corrected chi connectivity index (χ1v) is 10.1. The van der Waals surface area contributed by atoms with Crippen LogP contribution in [-0.4, -0.2) is 34.0 Å². The van der Waals surface area contributed by atoms with Crippen molar-refractivity contribution in [3.8, 4) is 0 Å². The standard InChI is InChI=1S/C23H23FN4O2/c1-23(29)7-9-28(10-8-23)16-5-6-20-18(11-16)21(13-26-27-20)25-12-15-3-2-4-17-19(24)14-30-22(15)17/h2-6,11,13-14,29H,7-10,12H2,1H3,(H,25,27). The first kappa shape index (κ1) is 18.8. The fraction of sp³-hybridized carbons (Fsp3) is 0.304. The summed E-state index contributed by atoms with van der Waals surface area (Å²) in [7, 11) is 0. The number of nitrogens with one attached hydrogen (secondary N) is 1. The Morgan fingerprint density at radius 2 is 2.03 bits per heavy atom. The number of rotatable bonds is 4. The van der Waals surface area contributed by atoms with Gasteiger partial charge in [0, 0.05) is 36.3 Å². The summed E-state index contributed by atoms with van der Waals surface area (Å²) in [5.41, 5.74) is 3.59. The Bertz CT molecular complexity index is 1210. The molecule has 0 aliphatic carbocycles. The lowest BCUT2D eigenvalue weighted by atomic mass is 9.93. The minimum Gasteiger partial charge on any atom is -0.461 e. The predicted octanol–water partition coefficient (Wildman–Crippen LogP) is 4.48. The van der Waals surface area contributed by atoms with Crippen LogP contribution >= 0.6 is 0 Å². The number of hydrogen-bond donors (Lipinski definition) is 2. The van der Waals surface area contributed by atoms with E-state index in [1.54, 1.807) is 12.3 Å². The first-order chi connectivity index (χ1) is 14.5. The second-order valence-electron chi connectivity index (χ2n) is 8.17. The minimum atomic E-state index is -0.585. The second kappa shape index (κ2) is 7.25. The molecule has 1 aliphatic heterocycles. The smallest absolute Gasteiger partial charge is 0.169 e. The maximum Gasteiger partial charge on any atom is 0.169 e. The van der Waals surface area contributed by atoms with E-state index in [9.17, 15) is 9.50 Å². The molecule has 5 rings (SSSR count). The highest BCUT2D eigenvalue weighted by atomic mass is 19.1. The van der Waals surface area contributed by atoms with Gasteiger partial charge in [0.05, 0.1) is 28.4 Å². The highest BCUT2D eigenvalue weighted by molar-refractivity contribution is 5.93. The molecule has 3 heterocycles. The van der Waals surface area contributed by atoms with Gasteiger partial charge in [0.15, 0.2) is 5.82 Å². The van der Waals surface area contributed by atoms with Gasteiger partial charge in [0.1, 0.15) is 11.8 Å². The number of piperidine rings is 1. The molecule has 0 atom stereocenters. The van der Waals surface area contributed by atoms with Gasteiger partial charge in [-0.1, -0.05) is 12.1 Å². The number of hydrogen-bond acceptors (Lipinski definition) is 6. The highest BCUT2D eigenvalue weighted by Gasteiger charge is 2.27. The molecule has 0 unspecified atom stereocenters. The number of fused-ring (bicyclic) bond motifs is 2. The number of aliphatic hydroxyl groups is 1. The Morgan fingerprint density at radius 3 is 2.87 bits per heavy atom. The first-order valence-electron chi connectivity index (χ1n) is 10.1. The highest BCUT2D eigenvalue weighted by Crippen LogP contribution is 2.31. The maximum atomic E-state index is 13.8. The molecule has 0 saturated carbocycles. The van der Waals surface area contributed by atoms with Gasteiger partial charge in [-0.3, -0.25) is 0 Å². The number of anilines is 2. The molecule has 0 radical (unpaired) electrons. The number of nitrogens with zero attached hydrogens (tertiary/aromatic N) is 3. The lowest BCUT2D eigenvalue weighted by molar-refractivity contribution is 0.0351. The van der Waals surface area contributed by atoms with Crippen molar-refractivity contribution in [3.05, 3.63) is 60.2 Å². The summed E-state index contributed by atoms with van der Waals surface area (Å²) in [6.07, 6.45) is 4.33. The maximum absolute atomic E-state index is 13.8. The third kappa shape index (κ3) is 3.45. The number of aromatic nitrogens is 2. The molecule has 7 heteroatoms. The topological polar surface area (TPSA) is 74.4 Å². The van der Waals surface area contributed by atoms with Crippen LogP contribution in [0.5, 0.6) is 0 Å². The molecule has 1 aliphatic rings. The van der Waals surface area contributed by atoms with Gasteiger partial charge in [-0.05, 0) is 44.0 Å². The summed E-state index contributed by atoms with van der Waals surface area (Å²) in [6.45, 7) is 3.99. The van der Waals surface area contributed by atoms with Crippen LogP contribution in [-0.2, 0) is 6.54 Å². The van der Waals surface area contributed by atoms with Crippen molar-refractivity contribution in [2.24, 2.45) is 0 Å². The van der Waals surface area contributed by atoms with Crippen molar-refractivity contribution in [1.82, 2.24) is 10.2 Å². The molecule has 2 aromatic heterocycles. The molecular weight excluding hydrogens is 383 g/mol. The van der Waals surface area contributed by atoms with Gasteiger partial charge >= 0.3 is 0 Å². The number of furan rings is 1. The lowest BCUT2D eigenvalue weighted by Crippen LogP contribution is -2.42. The Morgan fingerprint density at radius 1 is 1.20 bits per heavy atom. The van der Waals surface area contributed by atoms with E-state index >= 15 is 0 Å². The Hall–Kier alpha value is -3.19. The van der Waals surface area contributed by atoms with Crippen LogP contribution in [0, 0.1) is 5.82 Å². The van der Waals surface area contributed by atoms with Gasteiger partial charge in [-0.2, -0.15) is 10.2 Å². The zero-order valence-corrected chi connectivity index (χ0v) is 16.7. The van der Waals surface area contributed by atoms with Crippen LogP contribution in [0.15, 0.2) is 53.3 Å². The van der Waals surface area contributed by atoms with E-state index in [4.69, 9.17) is 4.42 Å². The summed E-state index contributed by atoms with van der Waals surface area (Å²) in [4.78, 5) is 2.29. The van der Waals surface area contributed by atoms with Crippen molar-refractivity contribution in [1.29, 1.82) is 0 Å². The van der Waals surface area contributed by atoms with E-state index in [2.05, 4.69) is 26.5 Å². The zero-order chi connectivity index (χ0) is 20.7. The van der Waals surface area contributed by atoms with Gasteiger partial charge in [-0.15, -0.1) is 0 Å². The zero-order valence-electron chi connectivity index (χ0n) is 16.7. The molecule has 30 heavy (non-hydrogen) atoms. The predicted molar refractivity (Wildman–Crippen MR) is 115 cm³/mol. The largest absolute Gasteiger partial charge is 0.461 e. The average Bonchev–Trinajstić information content (AvgIpc) is 3.13. The molecule has 2 N–H and O–H groups in total. The van der Waals surface area contributed by atoms with Crippen LogP contribution < -0.4 is 10.2 Å². The quantitative estimate of drug-likeness (QED) is 0.521. The molecule has 2 aromatic carbocycles. The lowest BCUT2D eigenvalue weighted by Gasteiger charge is -2.37. The Balaban J connectivity index is 1.43. The van der Waals surface area contributed by atoms with Crippen LogP contribution in [0.25, 0.3) is 21.9 Å². The van der Waals surface area contributed by atoms with E-state index in [0.29, 0.717) is 17.5 Å². The van der Waals surface area contributed by atoms with Crippen molar-refractivity contribution < 1.29 is 13.9 Å². The molecule has 0 amide bonds. The summed E-state index contributed by atoms with van der Waals surface area (Å²) in [5.74, 6) is -0.354. The van der Waals surface area contributed by atoms with E-state index in [0.717, 1.165) is 60.0 Å². The molecule has 1 fully saturated rings. The van der Waals surface area contributed by atoms with E-state index in [1.807, 2.05) is 31.2 Å². The molecule has 0 spiro atoms. The van der Waals surface area contributed by atoms with E-state index < -0.39 is 5.60 Å². The molecule has 0 bridgehead atoms. The number of benzene rings is 2. The second-order valence-corrected chi connectivity index (χ2v) is 8.17.